The Balaban J connectivity index is 1.15. The molecule has 0 spiro atoms. The first-order valence-electron chi connectivity index (χ1n) is 12.7. The van der Waals surface area contributed by atoms with E-state index in [-0.39, 0.29) is 11.8 Å². The highest BCUT2D eigenvalue weighted by molar-refractivity contribution is 7.89. The number of piperidine rings is 1. The molecule has 1 amide bonds. The van der Waals surface area contributed by atoms with Crippen LogP contribution in [0.3, 0.4) is 0 Å². The first-order valence-corrected chi connectivity index (χ1v) is 14.1. The molecule has 2 aromatic rings. The van der Waals surface area contributed by atoms with E-state index in [0.29, 0.717) is 37.4 Å². The Morgan fingerprint density at radius 1 is 0.882 bits per heavy atom. The van der Waals surface area contributed by atoms with Crippen molar-refractivity contribution >= 4 is 15.9 Å². The molecule has 0 saturated carbocycles. The van der Waals surface area contributed by atoms with Gasteiger partial charge in [-0.15, -0.1) is 0 Å². The zero-order valence-corrected chi connectivity index (χ0v) is 20.7. The summed E-state index contributed by atoms with van der Waals surface area (Å²) in [6.45, 7) is 4.54. The van der Waals surface area contributed by atoms with E-state index in [2.05, 4.69) is 28.4 Å². The van der Waals surface area contributed by atoms with Crippen molar-refractivity contribution < 1.29 is 13.2 Å². The van der Waals surface area contributed by atoms with Gasteiger partial charge in [-0.2, -0.15) is 4.31 Å². The molecule has 0 unspecified atom stereocenters. The van der Waals surface area contributed by atoms with E-state index in [4.69, 9.17) is 0 Å². The fourth-order valence-electron chi connectivity index (χ4n) is 5.61. The topological polar surface area (TPSA) is 69.7 Å². The molecule has 0 bridgehead atoms. The number of hydrogen-bond donors (Lipinski definition) is 1. The van der Waals surface area contributed by atoms with Crippen LogP contribution in [0.15, 0.2) is 47.4 Å². The minimum absolute atomic E-state index is 0.0329. The molecule has 1 aliphatic carbocycles. The van der Waals surface area contributed by atoms with Gasteiger partial charge in [0, 0.05) is 32.1 Å². The number of nitrogens with zero attached hydrogens (tertiary/aromatic N) is 2. The van der Waals surface area contributed by atoms with Gasteiger partial charge in [0.15, 0.2) is 0 Å². The maximum atomic E-state index is 13.2. The van der Waals surface area contributed by atoms with Crippen molar-refractivity contribution in [3.8, 4) is 0 Å². The Bertz CT molecular complexity index is 1130. The Morgan fingerprint density at radius 3 is 2.35 bits per heavy atom. The lowest BCUT2D eigenvalue weighted by atomic mass is 9.97. The van der Waals surface area contributed by atoms with Crippen LogP contribution < -0.4 is 5.32 Å². The van der Waals surface area contributed by atoms with Crippen LogP contribution in [0.5, 0.6) is 0 Å². The second-order valence-corrected chi connectivity index (χ2v) is 11.9. The number of amides is 1. The molecule has 5 rings (SSSR count). The van der Waals surface area contributed by atoms with Crippen LogP contribution in [0.1, 0.15) is 54.4 Å². The van der Waals surface area contributed by atoms with Gasteiger partial charge in [-0.25, -0.2) is 8.42 Å². The third kappa shape index (κ3) is 5.07. The number of carbonyl (C=O) groups is 1. The standard InChI is InChI=1S/C27H35N3O3S/c31-27(28-19-24-6-1-2-7-25(24)20-29-14-3-4-15-29)22-12-16-30(17-13-22)34(32,33)26-11-10-21-8-5-9-23(21)18-26/h1-2,6-7,10-11,18,22H,3-5,8-9,12-17,19-20H2,(H,28,31). The highest BCUT2D eigenvalue weighted by Gasteiger charge is 2.32. The third-order valence-corrected chi connectivity index (χ3v) is 9.59. The molecule has 34 heavy (non-hydrogen) atoms. The zero-order chi connectivity index (χ0) is 23.5. The predicted molar refractivity (Wildman–Crippen MR) is 133 cm³/mol. The average Bonchev–Trinajstić information content (AvgIpc) is 3.55. The summed E-state index contributed by atoms with van der Waals surface area (Å²) in [6, 6.07) is 13.9. The molecule has 182 valence electrons. The molecule has 2 heterocycles. The van der Waals surface area contributed by atoms with Gasteiger partial charge in [0.1, 0.15) is 0 Å². The summed E-state index contributed by atoms with van der Waals surface area (Å²) in [6.07, 6.45) is 6.75. The highest BCUT2D eigenvalue weighted by atomic mass is 32.2. The van der Waals surface area contributed by atoms with Crippen molar-refractivity contribution in [1.29, 1.82) is 0 Å². The summed E-state index contributed by atoms with van der Waals surface area (Å²) >= 11 is 0. The number of carbonyl (C=O) groups excluding carboxylic acids is 1. The SMILES string of the molecule is O=C(NCc1ccccc1CN1CCCC1)C1CCN(S(=O)(=O)c2ccc3c(c2)CCC3)CC1. The molecule has 7 heteroatoms. The molecule has 2 saturated heterocycles. The lowest BCUT2D eigenvalue weighted by Crippen LogP contribution is -2.42. The van der Waals surface area contributed by atoms with Gasteiger partial charge in [0.2, 0.25) is 15.9 Å². The van der Waals surface area contributed by atoms with Crippen molar-refractivity contribution in [1.82, 2.24) is 14.5 Å². The summed E-state index contributed by atoms with van der Waals surface area (Å²) in [5, 5.41) is 3.12. The minimum atomic E-state index is -3.51. The van der Waals surface area contributed by atoms with Crippen LogP contribution in [-0.4, -0.2) is 49.7 Å². The summed E-state index contributed by atoms with van der Waals surface area (Å²) in [7, 11) is -3.51. The number of fused-ring (bicyclic) bond motifs is 1. The molecule has 2 fully saturated rings. The van der Waals surface area contributed by atoms with Crippen LogP contribution in [0.4, 0.5) is 0 Å². The van der Waals surface area contributed by atoms with Gasteiger partial charge in [0.05, 0.1) is 4.90 Å². The van der Waals surface area contributed by atoms with Crippen LogP contribution in [0.2, 0.25) is 0 Å². The minimum Gasteiger partial charge on any atom is -0.352 e. The van der Waals surface area contributed by atoms with Gasteiger partial charge in [-0.3, -0.25) is 9.69 Å². The van der Waals surface area contributed by atoms with Crippen molar-refractivity contribution in [2.75, 3.05) is 26.2 Å². The van der Waals surface area contributed by atoms with Crippen molar-refractivity contribution in [3.05, 3.63) is 64.7 Å². The quantitative estimate of drug-likeness (QED) is 0.657. The van der Waals surface area contributed by atoms with E-state index in [1.165, 1.54) is 35.1 Å². The molecule has 2 aliphatic heterocycles. The van der Waals surface area contributed by atoms with Crippen molar-refractivity contribution in [3.63, 3.8) is 0 Å². The summed E-state index contributed by atoms with van der Waals surface area (Å²) in [5.74, 6) is -0.109. The van der Waals surface area contributed by atoms with Crippen LogP contribution >= 0.6 is 0 Å². The maximum absolute atomic E-state index is 13.2. The second kappa shape index (κ2) is 10.2. The van der Waals surface area contributed by atoms with Crippen LogP contribution in [0, 0.1) is 5.92 Å². The van der Waals surface area contributed by atoms with Gasteiger partial charge in [0.25, 0.3) is 0 Å². The first kappa shape index (κ1) is 23.5. The highest BCUT2D eigenvalue weighted by Crippen LogP contribution is 2.28. The molecule has 0 aromatic heterocycles. The molecule has 6 nitrogen and oxygen atoms in total. The Labute approximate surface area is 203 Å². The smallest absolute Gasteiger partial charge is 0.243 e. The lowest BCUT2D eigenvalue weighted by Gasteiger charge is -2.30. The fourth-order valence-corrected chi connectivity index (χ4v) is 7.13. The number of hydrogen-bond acceptors (Lipinski definition) is 4. The first-order chi connectivity index (χ1) is 16.5. The number of nitrogens with one attached hydrogen (secondary N) is 1. The van der Waals surface area contributed by atoms with Crippen LogP contribution in [0.25, 0.3) is 0 Å². The molecule has 2 aromatic carbocycles. The summed E-state index contributed by atoms with van der Waals surface area (Å²) in [5.41, 5.74) is 4.89. The average molecular weight is 482 g/mol. The number of rotatable bonds is 7. The molecule has 1 N–H and O–H groups in total. The molecule has 0 atom stereocenters. The van der Waals surface area contributed by atoms with E-state index in [9.17, 15) is 13.2 Å². The van der Waals surface area contributed by atoms with Gasteiger partial charge in [-0.1, -0.05) is 30.3 Å². The van der Waals surface area contributed by atoms with Gasteiger partial charge < -0.3 is 5.32 Å². The number of sulfonamides is 1. The number of aryl methyl sites for hydroxylation is 2. The predicted octanol–water partition coefficient (Wildman–Crippen LogP) is 3.49. The van der Waals surface area contributed by atoms with E-state index < -0.39 is 10.0 Å². The number of benzene rings is 2. The van der Waals surface area contributed by atoms with E-state index in [0.717, 1.165) is 38.9 Å². The molecule has 3 aliphatic rings. The zero-order valence-electron chi connectivity index (χ0n) is 19.8. The second-order valence-electron chi connectivity index (χ2n) is 9.93. The fraction of sp³-hybridized carbons (Fsp3) is 0.519. The maximum Gasteiger partial charge on any atom is 0.243 e. The molecular weight excluding hydrogens is 446 g/mol. The van der Waals surface area contributed by atoms with Gasteiger partial charge >= 0.3 is 0 Å². The van der Waals surface area contributed by atoms with Crippen molar-refractivity contribution in [2.24, 2.45) is 5.92 Å². The molecular formula is C27H35N3O3S. The Kier molecular flexibility index (Phi) is 7.04. The van der Waals surface area contributed by atoms with Crippen LogP contribution in [-0.2, 0) is 40.7 Å². The van der Waals surface area contributed by atoms with Gasteiger partial charge in [-0.05, 0) is 92.4 Å². The van der Waals surface area contributed by atoms with E-state index in [1.54, 1.807) is 10.4 Å². The molecule has 0 radical (unpaired) electrons. The third-order valence-electron chi connectivity index (χ3n) is 7.70. The summed E-state index contributed by atoms with van der Waals surface area (Å²) in [4.78, 5) is 15.8. The van der Waals surface area contributed by atoms with E-state index in [1.807, 2.05) is 18.2 Å². The normalized spacial score (nSPS) is 19.9. The Morgan fingerprint density at radius 2 is 1.59 bits per heavy atom. The monoisotopic (exact) mass is 481 g/mol. The lowest BCUT2D eigenvalue weighted by molar-refractivity contribution is -0.126. The summed E-state index contributed by atoms with van der Waals surface area (Å²) < 4.78 is 27.9. The largest absolute Gasteiger partial charge is 0.352 e. The van der Waals surface area contributed by atoms with E-state index >= 15 is 0 Å². The number of likely N-dealkylation sites (tertiary alicyclic amines) is 1. The van der Waals surface area contributed by atoms with Crippen molar-refractivity contribution in [2.45, 2.75) is 62.9 Å². The Hall–Kier alpha value is -2.22.